The molecule has 3 aliphatic rings. The van der Waals surface area contributed by atoms with E-state index < -0.39 is 0 Å². The van der Waals surface area contributed by atoms with Crippen molar-refractivity contribution in [3.63, 3.8) is 0 Å². The molecule has 0 radical (unpaired) electrons. The summed E-state index contributed by atoms with van der Waals surface area (Å²) >= 11 is 0. The Balaban J connectivity index is 1.65. The third-order valence-corrected chi connectivity index (χ3v) is 6.76. The molecule has 1 saturated carbocycles. The number of rotatable bonds is 2. The molecule has 2 atom stereocenters. The van der Waals surface area contributed by atoms with Crippen LogP contribution < -0.4 is 5.73 Å². The molecule has 2 heterocycles. The predicted octanol–water partition coefficient (Wildman–Crippen LogP) is 2.45. The first-order valence-electron chi connectivity index (χ1n) is 8.75. The topological polar surface area (TPSA) is 32.5 Å². The van der Waals surface area contributed by atoms with Crippen molar-refractivity contribution >= 4 is 0 Å². The minimum atomic E-state index is 0.268. The van der Waals surface area contributed by atoms with Crippen LogP contribution in [0.25, 0.3) is 0 Å². The molecule has 116 valence electrons. The molecule has 0 aromatic rings. The van der Waals surface area contributed by atoms with Gasteiger partial charge < -0.3 is 10.6 Å². The van der Waals surface area contributed by atoms with Gasteiger partial charge in [0.05, 0.1) is 0 Å². The van der Waals surface area contributed by atoms with Crippen LogP contribution in [-0.2, 0) is 0 Å². The highest BCUT2D eigenvalue weighted by Gasteiger charge is 2.47. The van der Waals surface area contributed by atoms with Crippen molar-refractivity contribution in [2.75, 3.05) is 33.2 Å². The fraction of sp³-hybridized carbons (Fsp3) is 1.00. The average molecular weight is 279 g/mol. The molecular weight excluding hydrogens is 246 g/mol. The van der Waals surface area contributed by atoms with Crippen LogP contribution in [0, 0.1) is 5.41 Å². The van der Waals surface area contributed by atoms with Gasteiger partial charge in [0.15, 0.2) is 0 Å². The maximum absolute atomic E-state index is 6.23. The highest BCUT2D eigenvalue weighted by Crippen LogP contribution is 2.46. The summed E-state index contributed by atoms with van der Waals surface area (Å²) in [7, 11) is 2.26. The van der Waals surface area contributed by atoms with Gasteiger partial charge in [-0.3, -0.25) is 4.90 Å². The van der Waals surface area contributed by atoms with E-state index in [2.05, 4.69) is 23.8 Å². The van der Waals surface area contributed by atoms with Crippen molar-refractivity contribution in [3.05, 3.63) is 0 Å². The van der Waals surface area contributed by atoms with Crippen LogP contribution in [0.1, 0.15) is 58.3 Å². The summed E-state index contributed by atoms with van der Waals surface area (Å²) in [6, 6.07) is 0.684. The fourth-order valence-electron chi connectivity index (χ4n) is 5.15. The zero-order valence-electron chi connectivity index (χ0n) is 13.5. The summed E-state index contributed by atoms with van der Waals surface area (Å²) in [5.74, 6) is 0. The number of hydrogen-bond acceptors (Lipinski definition) is 3. The molecule has 2 saturated heterocycles. The van der Waals surface area contributed by atoms with Crippen molar-refractivity contribution in [1.29, 1.82) is 0 Å². The minimum absolute atomic E-state index is 0.268. The van der Waals surface area contributed by atoms with Gasteiger partial charge in [-0.1, -0.05) is 19.3 Å². The van der Waals surface area contributed by atoms with Crippen molar-refractivity contribution in [1.82, 2.24) is 9.80 Å². The number of hydrogen-bond donors (Lipinski definition) is 1. The van der Waals surface area contributed by atoms with E-state index in [0.29, 0.717) is 11.5 Å². The van der Waals surface area contributed by atoms with Crippen molar-refractivity contribution < 1.29 is 0 Å². The molecule has 3 heteroatoms. The Bertz CT molecular complexity index is 315. The van der Waals surface area contributed by atoms with Crippen LogP contribution in [0.5, 0.6) is 0 Å². The van der Waals surface area contributed by atoms with Crippen LogP contribution >= 0.6 is 0 Å². The van der Waals surface area contributed by atoms with Crippen molar-refractivity contribution in [2.24, 2.45) is 11.1 Å². The van der Waals surface area contributed by atoms with E-state index in [1.165, 1.54) is 64.5 Å². The maximum atomic E-state index is 6.23. The van der Waals surface area contributed by atoms with Crippen LogP contribution in [0.15, 0.2) is 0 Å². The number of likely N-dealkylation sites (N-methyl/N-ethyl adjacent to an activating group) is 1. The third-order valence-electron chi connectivity index (χ3n) is 6.76. The predicted molar refractivity (Wildman–Crippen MR) is 84.8 cm³/mol. The number of nitrogens with zero attached hydrogens (tertiary/aromatic N) is 2. The molecule has 3 fully saturated rings. The van der Waals surface area contributed by atoms with Gasteiger partial charge >= 0.3 is 0 Å². The maximum Gasteiger partial charge on any atom is 0.0473 e. The first-order chi connectivity index (χ1) is 9.59. The molecule has 2 N–H and O–H groups in total. The van der Waals surface area contributed by atoms with Crippen LogP contribution in [0.3, 0.4) is 0 Å². The van der Waals surface area contributed by atoms with E-state index >= 15 is 0 Å². The van der Waals surface area contributed by atoms with Gasteiger partial charge in [-0.2, -0.15) is 0 Å². The van der Waals surface area contributed by atoms with E-state index in [1.54, 1.807) is 0 Å². The zero-order chi connectivity index (χ0) is 14.2. The SMILES string of the molecule is CC1CC(CN)(N2CCC3(CCCCC3)CC2)CN1C. The first kappa shape index (κ1) is 14.8. The van der Waals surface area contributed by atoms with E-state index in [4.69, 9.17) is 5.73 Å². The van der Waals surface area contributed by atoms with Gasteiger partial charge in [-0.05, 0) is 64.6 Å². The molecule has 0 aromatic carbocycles. The number of likely N-dealkylation sites (tertiary alicyclic amines) is 2. The first-order valence-corrected chi connectivity index (χ1v) is 8.75. The molecule has 3 rings (SSSR count). The molecule has 2 unspecified atom stereocenters. The molecular formula is C17H33N3. The summed E-state index contributed by atoms with van der Waals surface area (Å²) in [5, 5.41) is 0. The lowest BCUT2D eigenvalue weighted by Gasteiger charge is -2.50. The normalized spacial score (nSPS) is 39.5. The molecule has 1 aliphatic carbocycles. The van der Waals surface area contributed by atoms with E-state index in [9.17, 15) is 0 Å². The molecule has 0 bridgehead atoms. The van der Waals surface area contributed by atoms with Gasteiger partial charge in [-0.15, -0.1) is 0 Å². The summed E-state index contributed by atoms with van der Waals surface area (Å²) in [6.45, 7) is 6.92. The van der Waals surface area contributed by atoms with Crippen LogP contribution in [0.2, 0.25) is 0 Å². The van der Waals surface area contributed by atoms with Crippen molar-refractivity contribution in [2.45, 2.75) is 69.9 Å². The van der Waals surface area contributed by atoms with E-state index in [-0.39, 0.29) is 5.54 Å². The summed E-state index contributed by atoms with van der Waals surface area (Å²) in [5.41, 5.74) is 7.20. The molecule has 0 amide bonds. The summed E-state index contributed by atoms with van der Waals surface area (Å²) < 4.78 is 0. The van der Waals surface area contributed by atoms with E-state index in [1.807, 2.05) is 0 Å². The van der Waals surface area contributed by atoms with Gasteiger partial charge in [0.1, 0.15) is 0 Å². The molecule has 20 heavy (non-hydrogen) atoms. The van der Waals surface area contributed by atoms with E-state index in [0.717, 1.165) is 13.1 Å². The summed E-state index contributed by atoms with van der Waals surface area (Å²) in [6.07, 6.45) is 11.5. The summed E-state index contributed by atoms with van der Waals surface area (Å²) in [4.78, 5) is 5.25. The lowest BCUT2D eigenvalue weighted by Crippen LogP contribution is -2.59. The number of nitrogens with two attached hydrogens (primary N) is 1. The Morgan fingerprint density at radius 3 is 2.20 bits per heavy atom. The Labute approximate surface area is 124 Å². The van der Waals surface area contributed by atoms with Gasteiger partial charge in [0.25, 0.3) is 0 Å². The second-order valence-corrected chi connectivity index (χ2v) is 7.94. The smallest absolute Gasteiger partial charge is 0.0473 e. The average Bonchev–Trinajstić information content (AvgIpc) is 2.77. The second kappa shape index (κ2) is 5.58. The van der Waals surface area contributed by atoms with Gasteiger partial charge in [0.2, 0.25) is 0 Å². The Hall–Kier alpha value is -0.120. The highest BCUT2D eigenvalue weighted by molar-refractivity contribution is 5.04. The zero-order valence-corrected chi connectivity index (χ0v) is 13.5. The highest BCUT2D eigenvalue weighted by atomic mass is 15.3. The van der Waals surface area contributed by atoms with Crippen LogP contribution in [-0.4, -0.2) is 54.6 Å². The molecule has 0 aromatic heterocycles. The monoisotopic (exact) mass is 279 g/mol. The molecule has 2 aliphatic heterocycles. The molecule has 1 spiro atoms. The Kier molecular flexibility index (Phi) is 4.13. The second-order valence-electron chi connectivity index (χ2n) is 7.94. The van der Waals surface area contributed by atoms with Gasteiger partial charge in [-0.25, -0.2) is 0 Å². The lowest BCUT2D eigenvalue weighted by molar-refractivity contribution is 0.00818. The standard InChI is InChI=1S/C17H33N3/c1-15-12-17(13-18,14-19(15)2)20-10-8-16(9-11-20)6-4-3-5-7-16/h15H,3-14,18H2,1-2H3. The largest absolute Gasteiger partial charge is 0.329 e. The lowest BCUT2D eigenvalue weighted by atomic mass is 9.67. The van der Waals surface area contributed by atoms with Crippen molar-refractivity contribution in [3.8, 4) is 0 Å². The third kappa shape index (κ3) is 2.53. The fourth-order valence-corrected chi connectivity index (χ4v) is 5.15. The van der Waals surface area contributed by atoms with Crippen LogP contribution in [0.4, 0.5) is 0 Å². The molecule has 3 nitrogen and oxygen atoms in total. The van der Waals surface area contributed by atoms with Gasteiger partial charge in [0, 0.05) is 24.7 Å². The Morgan fingerprint density at radius 1 is 1.05 bits per heavy atom. The quantitative estimate of drug-likeness (QED) is 0.843. The Morgan fingerprint density at radius 2 is 1.70 bits per heavy atom. The number of piperidine rings is 1. The minimum Gasteiger partial charge on any atom is -0.329 e.